The molecule has 1 aromatic heterocycles. The molecule has 6 heteroatoms. The van der Waals surface area contributed by atoms with Crippen LogP contribution in [0.3, 0.4) is 0 Å². The Morgan fingerprint density at radius 1 is 1.06 bits per heavy atom. The molecular weight excluding hydrogens is 422 g/mol. The van der Waals surface area contributed by atoms with Crippen molar-refractivity contribution in [3.63, 3.8) is 0 Å². The molecule has 1 aliphatic rings. The summed E-state index contributed by atoms with van der Waals surface area (Å²) in [5.74, 6) is -0.385. The number of hydrogen-bond donors (Lipinski definition) is 0. The molecule has 1 unspecified atom stereocenters. The molecule has 4 rings (SSSR count). The molecule has 2 aromatic carbocycles. The molecule has 32 heavy (non-hydrogen) atoms. The van der Waals surface area contributed by atoms with Gasteiger partial charge in [0.2, 0.25) is 0 Å². The Bertz CT molecular complexity index is 1120. The minimum absolute atomic E-state index is 0.227. The Morgan fingerprint density at radius 2 is 1.81 bits per heavy atom. The molecule has 1 amide bonds. The fraction of sp³-hybridized carbons (Fsp3) is 0.231. The van der Waals surface area contributed by atoms with Crippen LogP contribution >= 0.6 is 11.3 Å². The zero-order valence-corrected chi connectivity index (χ0v) is 18.9. The Hall–Kier alpha value is -3.38. The lowest BCUT2D eigenvalue weighted by Gasteiger charge is -2.34. The zero-order chi connectivity index (χ0) is 22.5. The lowest BCUT2D eigenvalue weighted by Crippen LogP contribution is -2.37. The van der Waals surface area contributed by atoms with Crippen molar-refractivity contribution in [1.29, 1.82) is 0 Å². The predicted molar refractivity (Wildman–Crippen MR) is 126 cm³/mol. The molecule has 0 fully saturated rings. The first kappa shape index (κ1) is 21.8. The van der Waals surface area contributed by atoms with Crippen molar-refractivity contribution in [3.8, 4) is 0 Å². The highest BCUT2D eigenvalue weighted by atomic mass is 32.1. The van der Waals surface area contributed by atoms with Crippen LogP contribution in [0.4, 0.5) is 4.79 Å². The molecule has 164 valence electrons. The maximum absolute atomic E-state index is 13.0. The van der Waals surface area contributed by atoms with Gasteiger partial charge in [0.05, 0.1) is 18.7 Å². The zero-order valence-electron chi connectivity index (χ0n) is 18.1. The number of amides is 1. The first-order valence-corrected chi connectivity index (χ1v) is 11.4. The van der Waals surface area contributed by atoms with Crippen LogP contribution in [0.15, 0.2) is 72.1 Å². The standard InChI is InChI=1S/C26H25NO4S/c1-18-23(13-15-32-18)22-12-14-27(26(29)31-17-19-6-4-3-5-7-19)24(16-22)20-8-10-21(11-9-20)25(28)30-2/h3-11,13,15-16,24H,12,14,17H2,1-2H3. The van der Waals surface area contributed by atoms with Gasteiger partial charge < -0.3 is 9.47 Å². The molecule has 0 bridgehead atoms. The third-order valence-electron chi connectivity index (χ3n) is 5.63. The van der Waals surface area contributed by atoms with Crippen LogP contribution in [0, 0.1) is 6.92 Å². The number of benzene rings is 2. The lowest BCUT2D eigenvalue weighted by molar-refractivity contribution is 0.0600. The largest absolute Gasteiger partial charge is 0.465 e. The topological polar surface area (TPSA) is 55.8 Å². The van der Waals surface area contributed by atoms with Crippen LogP contribution in [-0.2, 0) is 16.1 Å². The van der Waals surface area contributed by atoms with E-state index in [1.54, 1.807) is 28.4 Å². The van der Waals surface area contributed by atoms with Crippen LogP contribution in [0.5, 0.6) is 0 Å². The Kier molecular flexibility index (Phi) is 6.71. The molecule has 0 N–H and O–H groups in total. The molecule has 0 spiro atoms. The van der Waals surface area contributed by atoms with E-state index in [1.807, 2.05) is 42.5 Å². The minimum atomic E-state index is -0.385. The summed E-state index contributed by atoms with van der Waals surface area (Å²) < 4.78 is 10.4. The van der Waals surface area contributed by atoms with E-state index in [4.69, 9.17) is 9.47 Å². The molecule has 1 atom stereocenters. The first-order chi connectivity index (χ1) is 15.6. The lowest BCUT2D eigenvalue weighted by atomic mass is 9.92. The normalized spacial score (nSPS) is 15.8. The summed E-state index contributed by atoms with van der Waals surface area (Å²) in [6, 6.07) is 18.7. The van der Waals surface area contributed by atoms with Crippen LogP contribution < -0.4 is 0 Å². The summed E-state index contributed by atoms with van der Waals surface area (Å²) in [6.07, 6.45) is 2.54. The summed E-state index contributed by atoms with van der Waals surface area (Å²) in [5, 5.41) is 2.09. The van der Waals surface area contributed by atoms with Crippen LogP contribution in [-0.4, -0.2) is 30.6 Å². The van der Waals surface area contributed by atoms with Crippen LogP contribution in [0.2, 0.25) is 0 Å². The Morgan fingerprint density at radius 3 is 2.47 bits per heavy atom. The number of methoxy groups -OCH3 is 1. The van der Waals surface area contributed by atoms with E-state index >= 15 is 0 Å². The van der Waals surface area contributed by atoms with E-state index in [-0.39, 0.29) is 24.7 Å². The second kappa shape index (κ2) is 9.83. The SMILES string of the molecule is COC(=O)c1ccc(C2C=C(c3ccsc3C)CCN2C(=O)OCc2ccccc2)cc1. The van der Waals surface area contributed by atoms with Crippen molar-refractivity contribution in [1.82, 2.24) is 4.90 Å². The van der Waals surface area contributed by atoms with Crippen molar-refractivity contribution in [2.75, 3.05) is 13.7 Å². The van der Waals surface area contributed by atoms with Crippen molar-refractivity contribution in [2.45, 2.75) is 26.0 Å². The van der Waals surface area contributed by atoms with Gasteiger partial charge in [0.1, 0.15) is 6.61 Å². The van der Waals surface area contributed by atoms with E-state index in [1.165, 1.54) is 23.1 Å². The van der Waals surface area contributed by atoms with Gasteiger partial charge in [0.25, 0.3) is 0 Å². The van der Waals surface area contributed by atoms with Gasteiger partial charge in [-0.05, 0) is 59.2 Å². The molecule has 0 saturated carbocycles. The van der Waals surface area contributed by atoms with Gasteiger partial charge in [-0.1, -0.05) is 48.5 Å². The number of aryl methyl sites for hydroxylation is 1. The monoisotopic (exact) mass is 447 g/mol. The highest BCUT2D eigenvalue weighted by Gasteiger charge is 2.30. The third kappa shape index (κ3) is 4.75. The van der Waals surface area contributed by atoms with Crippen molar-refractivity contribution in [3.05, 3.63) is 99.3 Å². The molecule has 2 heterocycles. The molecule has 3 aromatic rings. The number of carbonyl (C=O) groups is 2. The van der Waals surface area contributed by atoms with Gasteiger partial charge in [-0.15, -0.1) is 11.3 Å². The summed E-state index contributed by atoms with van der Waals surface area (Å²) >= 11 is 1.72. The molecule has 5 nitrogen and oxygen atoms in total. The van der Waals surface area contributed by atoms with E-state index in [9.17, 15) is 9.59 Å². The van der Waals surface area contributed by atoms with Gasteiger partial charge in [-0.25, -0.2) is 9.59 Å². The van der Waals surface area contributed by atoms with Crippen molar-refractivity contribution < 1.29 is 19.1 Å². The minimum Gasteiger partial charge on any atom is -0.465 e. The molecule has 0 saturated heterocycles. The summed E-state index contributed by atoms with van der Waals surface area (Å²) in [7, 11) is 1.36. The van der Waals surface area contributed by atoms with Crippen molar-refractivity contribution in [2.24, 2.45) is 0 Å². The average Bonchev–Trinajstić information content (AvgIpc) is 3.28. The van der Waals surface area contributed by atoms with Gasteiger partial charge in [-0.3, -0.25) is 4.90 Å². The van der Waals surface area contributed by atoms with E-state index in [0.29, 0.717) is 12.1 Å². The van der Waals surface area contributed by atoms with Crippen molar-refractivity contribution >= 4 is 29.0 Å². The number of ether oxygens (including phenoxy) is 2. The second-order valence-corrected chi connectivity index (χ2v) is 8.74. The number of nitrogens with zero attached hydrogens (tertiary/aromatic N) is 1. The number of esters is 1. The summed E-state index contributed by atoms with van der Waals surface area (Å²) in [6.45, 7) is 2.89. The van der Waals surface area contributed by atoms with E-state index in [2.05, 4.69) is 24.4 Å². The summed E-state index contributed by atoms with van der Waals surface area (Å²) in [5.41, 5.74) is 4.78. The first-order valence-electron chi connectivity index (χ1n) is 10.5. The van der Waals surface area contributed by atoms with Crippen LogP contribution in [0.1, 0.15) is 44.4 Å². The third-order valence-corrected chi connectivity index (χ3v) is 6.48. The number of hydrogen-bond acceptors (Lipinski definition) is 5. The Labute approximate surface area is 191 Å². The molecule has 1 aliphatic heterocycles. The highest BCUT2D eigenvalue weighted by Crippen LogP contribution is 2.36. The predicted octanol–water partition coefficient (Wildman–Crippen LogP) is 6.01. The highest BCUT2D eigenvalue weighted by molar-refractivity contribution is 7.10. The smallest absolute Gasteiger partial charge is 0.410 e. The fourth-order valence-electron chi connectivity index (χ4n) is 3.90. The summed E-state index contributed by atoms with van der Waals surface area (Å²) in [4.78, 5) is 27.9. The number of thiophene rings is 1. The van der Waals surface area contributed by atoms with E-state index < -0.39 is 0 Å². The van der Waals surface area contributed by atoms with Crippen LogP contribution in [0.25, 0.3) is 5.57 Å². The van der Waals surface area contributed by atoms with Gasteiger partial charge >= 0.3 is 12.1 Å². The molecular formula is C26H25NO4S. The molecule has 0 radical (unpaired) electrons. The van der Waals surface area contributed by atoms with Gasteiger partial charge in [0, 0.05) is 11.4 Å². The fourth-order valence-corrected chi connectivity index (χ4v) is 4.64. The second-order valence-electron chi connectivity index (χ2n) is 7.62. The van der Waals surface area contributed by atoms with E-state index in [0.717, 1.165) is 17.5 Å². The quantitative estimate of drug-likeness (QED) is 0.450. The number of rotatable bonds is 5. The average molecular weight is 448 g/mol. The number of carbonyl (C=O) groups excluding carboxylic acids is 2. The van der Waals surface area contributed by atoms with Gasteiger partial charge in [0.15, 0.2) is 0 Å². The van der Waals surface area contributed by atoms with Gasteiger partial charge in [-0.2, -0.15) is 0 Å². The Balaban J connectivity index is 1.61. The maximum Gasteiger partial charge on any atom is 0.410 e. The maximum atomic E-state index is 13.0. The molecule has 0 aliphatic carbocycles.